The summed E-state index contributed by atoms with van der Waals surface area (Å²) in [7, 11) is 0. The number of aromatic hydroxyl groups is 1. The highest BCUT2D eigenvalue weighted by atomic mass is 79.9. The molecule has 0 amide bonds. The zero-order chi connectivity index (χ0) is 12.1. The van der Waals surface area contributed by atoms with Crippen LogP contribution in [0.25, 0.3) is 0 Å². The molecule has 0 atom stereocenters. The van der Waals surface area contributed by atoms with Gasteiger partial charge in [-0.3, -0.25) is 0 Å². The number of anilines is 1. The van der Waals surface area contributed by atoms with Gasteiger partial charge < -0.3 is 10.4 Å². The summed E-state index contributed by atoms with van der Waals surface area (Å²) in [4.78, 5) is 0. The van der Waals surface area contributed by atoms with Gasteiger partial charge in [-0.05, 0) is 36.2 Å². The molecule has 0 heterocycles. The quantitative estimate of drug-likeness (QED) is 0.898. The van der Waals surface area contributed by atoms with Gasteiger partial charge >= 0.3 is 0 Å². The number of halogens is 1. The van der Waals surface area contributed by atoms with E-state index in [1.54, 1.807) is 12.1 Å². The van der Waals surface area contributed by atoms with Gasteiger partial charge in [0.25, 0.3) is 0 Å². The van der Waals surface area contributed by atoms with E-state index in [9.17, 15) is 5.11 Å². The van der Waals surface area contributed by atoms with Crippen molar-refractivity contribution in [3.8, 4) is 5.75 Å². The Bertz CT molecular complexity index is 482. The van der Waals surface area contributed by atoms with Crippen LogP contribution < -0.4 is 5.32 Å². The van der Waals surface area contributed by atoms with Gasteiger partial charge in [0.2, 0.25) is 0 Å². The predicted octanol–water partition coefficient (Wildman–Crippen LogP) is 3.81. The van der Waals surface area contributed by atoms with Gasteiger partial charge in [-0.2, -0.15) is 0 Å². The molecule has 2 N–H and O–H groups in total. The molecule has 0 saturated heterocycles. The van der Waals surface area contributed by atoms with E-state index in [0.717, 1.165) is 23.1 Å². The Morgan fingerprint density at radius 2 is 1.82 bits per heavy atom. The van der Waals surface area contributed by atoms with Crippen molar-refractivity contribution in [1.29, 1.82) is 0 Å². The largest absolute Gasteiger partial charge is 0.508 e. The fourth-order valence-corrected chi connectivity index (χ4v) is 1.88. The molecule has 0 radical (unpaired) electrons. The van der Waals surface area contributed by atoms with Crippen LogP contribution in [-0.4, -0.2) is 11.7 Å². The second-order valence-electron chi connectivity index (χ2n) is 3.85. The first kappa shape index (κ1) is 12.0. The highest BCUT2D eigenvalue weighted by Gasteiger charge is 1.95. The molecule has 0 aromatic heterocycles. The molecule has 17 heavy (non-hydrogen) atoms. The van der Waals surface area contributed by atoms with Crippen molar-refractivity contribution < 1.29 is 5.11 Å². The molecule has 3 heteroatoms. The molecular weight excluding hydrogens is 278 g/mol. The summed E-state index contributed by atoms with van der Waals surface area (Å²) in [6.07, 6.45) is 0.961. The average molecular weight is 292 g/mol. The van der Waals surface area contributed by atoms with E-state index in [4.69, 9.17) is 0 Å². The number of nitrogens with one attached hydrogen (secondary N) is 1. The predicted molar refractivity (Wildman–Crippen MR) is 74.4 cm³/mol. The summed E-state index contributed by atoms with van der Waals surface area (Å²) in [5.74, 6) is 0.290. The topological polar surface area (TPSA) is 32.3 Å². The van der Waals surface area contributed by atoms with Crippen molar-refractivity contribution in [3.63, 3.8) is 0 Å². The van der Waals surface area contributed by atoms with E-state index in [2.05, 4.69) is 33.4 Å². The molecule has 2 aromatic rings. The third kappa shape index (κ3) is 3.79. The maximum absolute atomic E-state index is 9.31. The van der Waals surface area contributed by atoms with Crippen LogP contribution >= 0.6 is 15.9 Å². The molecule has 88 valence electrons. The monoisotopic (exact) mass is 291 g/mol. The number of hydrogen-bond donors (Lipinski definition) is 2. The molecule has 0 saturated carbocycles. The minimum absolute atomic E-state index is 0.290. The Balaban J connectivity index is 1.85. The van der Waals surface area contributed by atoms with Crippen molar-refractivity contribution in [2.24, 2.45) is 0 Å². The lowest BCUT2D eigenvalue weighted by molar-refractivity contribution is 0.475. The molecule has 0 bridgehead atoms. The van der Waals surface area contributed by atoms with Crippen molar-refractivity contribution in [2.75, 3.05) is 11.9 Å². The molecule has 0 aliphatic heterocycles. The maximum Gasteiger partial charge on any atom is 0.117 e. The molecular formula is C14H14BrNO. The van der Waals surface area contributed by atoms with Crippen molar-refractivity contribution in [3.05, 3.63) is 58.6 Å². The van der Waals surface area contributed by atoms with Crippen LogP contribution in [0.2, 0.25) is 0 Å². The van der Waals surface area contributed by atoms with Crippen LogP contribution in [0.4, 0.5) is 5.69 Å². The highest BCUT2D eigenvalue weighted by molar-refractivity contribution is 9.10. The molecule has 0 spiro atoms. The summed E-state index contributed by atoms with van der Waals surface area (Å²) in [5.41, 5.74) is 2.24. The molecule has 0 aliphatic rings. The number of hydrogen-bond acceptors (Lipinski definition) is 2. The van der Waals surface area contributed by atoms with Crippen LogP contribution in [-0.2, 0) is 6.42 Å². The van der Waals surface area contributed by atoms with Gasteiger partial charge in [0.05, 0.1) is 0 Å². The van der Waals surface area contributed by atoms with Gasteiger partial charge in [0.1, 0.15) is 5.75 Å². The average Bonchev–Trinajstić information content (AvgIpc) is 2.32. The summed E-state index contributed by atoms with van der Waals surface area (Å²) < 4.78 is 1.10. The lowest BCUT2D eigenvalue weighted by atomic mass is 10.1. The minimum Gasteiger partial charge on any atom is -0.508 e. The number of rotatable bonds is 4. The van der Waals surface area contributed by atoms with E-state index in [0.29, 0.717) is 5.75 Å². The standard InChI is InChI=1S/C14H14BrNO/c15-12-6-4-11(5-7-12)8-9-16-13-2-1-3-14(17)10-13/h1-7,10,16-17H,8-9H2. The Morgan fingerprint density at radius 1 is 1.06 bits per heavy atom. The van der Waals surface area contributed by atoms with Crippen molar-refractivity contribution >= 4 is 21.6 Å². The first-order valence-electron chi connectivity index (χ1n) is 5.51. The van der Waals surface area contributed by atoms with Crippen LogP contribution in [0.15, 0.2) is 53.0 Å². The molecule has 2 nitrogen and oxygen atoms in total. The molecule has 0 fully saturated rings. The zero-order valence-electron chi connectivity index (χ0n) is 9.36. The Kier molecular flexibility index (Phi) is 4.04. The van der Waals surface area contributed by atoms with E-state index in [-0.39, 0.29) is 0 Å². The van der Waals surface area contributed by atoms with Gasteiger partial charge in [0.15, 0.2) is 0 Å². The molecule has 0 unspecified atom stereocenters. The smallest absolute Gasteiger partial charge is 0.117 e. The maximum atomic E-state index is 9.31. The van der Waals surface area contributed by atoms with E-state index in [1.165, 1.54) is 5.56 Å². The van der Waals surface area contributed by atoms with E-state index >= 15 is 0 Å². The van der Waals surface area contributed by atoms with Gasteiger partial charge in [-0.1, -0.05) is 34.1 Å². The Hall–Kier alpha value is -1.48. The Labute approximate surface area is 109 Å². The van der Waals surface area contributed by atoms with E-state index in [1.807, 2.05) is 24.3 Å². The minimum atomic E-state index is 0.290. The van der Waals surface area contributed by atoms with Crippen LogP contribution in [0.1, 0.15) is 5.56 Å². The van der Waals surface area contributed by atoms with Crippen LogP contribution in [0.3, 0.4) is 0 Å². The number of benzene rings is 2. The summed E-state index contributed by atoms with van der Waals surface area (Å²) in [6, 6.07) is 15.5. The third-order valence-electron chi connectivity index (χ3n) is 2.50. The van der Waals surface area contributed by atoms with E-state index < -0.39 is 0 Å². The zero-order valence-corrected chi connectivity index (χ0v) is 10.9. The fraction of sp³-hybridized carbons (Fsp3) is 0.143. The summed E-state index contributed by atoms with van der Waals surface area (Å²) in [6.45, 7) is 0.852. The van der Waals surface area contributed by atoms with Crippen molar-refractivity contribution in [2.45, 2.75) is 6.42 Å². The lowest BCUT2D eigenvalue weighted by Crippen LogP contribution is -2.04. The number of phenols is 1. The number of phenolic OH excluding ortho intramolecular Hbond substituents is 1. The van der Waals surface area contributed by atoms with Crippen molar-refractivity contribution in [1.82, 2.24) is 0 Å². The fourth-order valence-electron chi connectivity index (χ4n) is 1.62. The SMILES string of the molecule is Oc1cccc(NCCc2ccc(Br)cc2)c1. The van der Waals surface area contributed by atoms with Gasteiger partial charge in [0, 0.05) is 22.8 Å². The van der Waals surface area contributed by atoms with Gasteiger partial charge in [-0.15, -0.1) is 0 Å². The molecule has 2 rings (SSSR count). The Morgan fingerprint density at radius 3 is 2.53 bits per heavy atom. The molecule has 2 aromatic carbocycles. The third-order valence-corrected chi connectivity index (χ3v) is 3.03. The van der Waals surface area contributed by atoms with Crippen LogP contribution in [0.5, 0.6) is 5.75 Å². The molecule has 0 aliphatic carbocycles. The highest BCUT2D eigenvalue weighted by Crippen LogP contribution is 2.15. The summed E-state index contributed by atoms with van der Waals surface area (Å²) >= 11 is 3.41. The summed E-state index contributed by atoms with van der Waals surface area (Å²) in [5, 5.41) is 12.6. The van der Waals surface area contributed by atoms with Crippen LogP contribution in [0, 0.1) is 0 Å². The normalized spacial score (nSPS) is 10.2. The van der Waals surface area contributed by atoms with Gasteiger partial charge in [-0.25, -0.2) is 0 Å². The lowest BCUT2D eigenvalue weighted by Gasteiger charge is -2.06. The second-order valence-corrected chi connectivity index (χ2v) is 4.77. The first-order valence-corrected chi connectivity index (χ1v) is 6.31. The first-order chi connectivity index (χ1) is 8.24. The second kappa shape index (κ2) is 5.73.